The molecule has 1 heterocycles. The van der Waals surface area contributed by atoms with Crippen LogP contribution in [0.4, 0.5) is 4.39 Å². The van der Waals surface area contributed by atoms with Crippen molar-refractivity contribution < 1.29 is 28.8 Å². The third-order valence-corrected chi connectivity index (χ3v) is 10.6. The molecular weight excluding hydrogens is 603 g/mol. The molecule has 1 aliphatic heterocycles. The number of aliphatic hydroxyl groups excluding tert-OH is 2. The lowest BCUT2D eigenvalue weighted by molar-refractivity contribution is -0.293. The van der Waals surface area contributed by atoms with Crippen molar-refractivity contribution in [3.8, 4) is 28.0 Å². The van der Waals surface area contributed by atoms with Crippen LogP contribution in [0.1, 0.15) is 108 Å². The van der Waals surface area contributed by atoms with Gasteiger partial charge >= 0.3 is 0 Å². The fourth-order valence-corrected chi connectivity index (χ4v) is 7.35. The summed E-state index contributed by atoms with van der Waals surface area (Å²) in [5, 5.41) is 19.8. The zero-order valence-electron chi connectivity index (χ0n) is 29.7. The second-order valence-corrected chi connectivity index (χ2v) is 14.8. The Morgan fingerprint density at radius 3 is 2.15 bits per heavy atom. The Morgan fingerprint density at radius 1 is 0.812 bits per heavy atom. The number of aryl methyl sites for hydroxylation is 2. The standard InChI is InChI=1S/C42H57FO5/c1-5-7-8-10-30-12-14-32(15-13-30)35-17-20-38(39(43)25-35)37-19-16-33(23-31(37)6-2)34-18-21-40(36(24-34)11-9-22-44)46-27-42(26-45)28-47-41(3,4)48-29-42/h16-21,23-25,30,32,44-45H,5-15,22,26-29H2,1-4H3. The number of hydrogen-bond acceptors (Lipinski definition) is 5. The van der Waals surface area contributed by atoms with Crippen molar-refractivity contribution in [2.75, 3.05) is 33.0 Å². The van der Waals surface area contributed by atoms with Crippen LogP contribution in [0.5, 0.6) is 5.75 Å². The SMILES string of the molecule is CCCCCC1CCC(c2ccc(-c3ccc(-c4ccc(OCC5(CO)COC(C)(C)OC5)c(CCCO)c4)cc3CC)c(F)c2)CC1. The van der Waals surface area contributed by atoms with Gasteiger partial charge in [0, 0.05) is 12.2 Å². The zero-order chi connectivity index (χ0) is 34.1. The number of rotatable bonds is 15. The Kier molecular flexibility index (Phi) is 12.7. The molecule has 5 nitrogen and oxygen atoms in total. The quantitative estimate of drug-likeness (QED) is 0.159. The van der Waals surface area contributed by atoms with Crippen molar-refractivity contribution in [3.63, 3.8) is 0 Å². The van der Waals surface area contributed by atoms with E-state index in [4.69, 9.17) is 14.2 Å². The summed E-state index contributed by atoms with van der Waals surface area (Å²) in [4.78, 5) is 0. The van der Waals surface area contributed by atoms with Crippen LogP contribution >= 0.6 is 0 Å². The van der Waals surface area contributed by atoms with Crippen LogP contribution in [0.3, 0.4) is 0 Å². The first kappa shape index (κ1) is 36.5. The van der Waals surface area contributed by atoms with Gasteiger partial charge in [-0.1, -0.05) is 75.9 Å². The van der Waals surface area contributed by atoms with Gasteiger partial charge in [-0.2, -0.15) is 0 Å². The zero-order valence-corrected chi connectivity index (χ0v) is 29.7. The number of ether oxygens (including phenoxy) is 3. The predicted octanol–water partition coefficient (Wildman–Crippen LogP) is 9.64. The molecule has 2 N–H and O–H groups in total. The van der Waals surface area contributed by atoms with Gasteiger partial charge in [0.1, 0.15) is 18.2 Å². The molecule has 0 atom stereocenters. The van der Waals surface area contributed by atoms with E-state index >= 15 is 4.39 Å². The summed E-state index contributed by atoms with van der Waals surface area (Å²) in [7, 11) is 0. The van der Waals surface area contributed by atoms with Crippen molar-refractivity contribution in [2.45, 2.75) is 110 Å². The molecule has 0 spiro atoms. The lowest BCUT2D eigenvalue weighted by atomic mass is 9.77. The van der Waals surface area contributed by atoms with Crippen LogP contribution in [0, 0.1) is 17.2 Å². The van der Waals surface area contributed by atoms with E-state index in [1.165, 1.54) is 38.5 Å². The molecule has 3 aromatic rings. The highest BCUT2D eigenvalue weighted by Crippen LogP contribution is 2.40. The first-order valence-corrected chi connectivity index (χ1v) is 18.4. The molecule has 262 valence electrons. The molecule has 1 saturated carbocycles. The van der Waals surface area contributed by atoms with Crippen molar-refractivity contribution >= 4 is 0 Å². The molecule has 2 fully saturated rings. The van der Waals surface area contributed by atoms with E-state index in [-0.39, 0.29) is 25.6 Å². The maximum atomic E-state index is 15.8. The number of unbranched alkanes of at least 4 members (excludes halogenated alkanes) is 2. The summed E-state index contributed by atoms with van der Waals surface area (Å²) in [6, 6.07) is 18.4. The van der Waals surface area contributed by atoms with Crippen molar-refractivity contribution in [3.05, 3.63) is 77.1 Å². The summed E-state index contributed by atoms with van der Waals surface area (Å²) in [5.74, 6) is 1.22. The fourth-order valence-electron chi connectivity index (χ4n) is 7.35. The second kappa shape index (κ2) is 16.8. The Bertz CT molecular complexity index is 1460. The molecule has 48 heavy (non-hydrogen) atoms. The highest BCUT2D eigenvalue weighted by atomic mass is 19.1. The maximum Gasteiger partial charge on any atom is 0.162 e. The van der Waals surface area contributed by atoms with E-state index in [9.17, 15) is 10.2 Å². The van der Waals surface area contributed by atoms with Crippen molar-refractivity contribution in [2.24, 2.45) is 11.3 Å². The van der Waals surface area contributed by atoms with Crippen LogP contribution in [0.25, 0.3) is 22.3 Å². The topological polar surface area (TPSA) is 68.2 Å². The highest BCUT2D eigenvalue weighted by molar-refractivity contribution is 5.75. The average Bonchev–Trinajstić information content (AvgIpc) is 3.11. The van der Waals surface area contributed by atoms with Gasteiger partial charge < -0.3 is 24.4 Å². The van der Waals surface area contributed by atoms with Crippen LogP contribution in [-0.2, 0) is 22.3 Å². The Balaban J connectivity index is 1.31. The monoisotopic (exact) mass is 660 g/mol. The highest BCUT2D eigenvalue weighted by Gasteiger charge is 2.40. The molecule has 1 aliphatic carbocycles. The Morgan fingerprint density at radius 2 is 1.50 bits per heavy atom. The van der Waals surface area contributed by atoms with Crippen LogP contribution in [-0.4, -0.2) is 49.0 Å². The smallest absolute Gasteiger partial charge is 0.162 e. The minimum absolute atomic E-state index is 0.0837. The third kappa shape index (κ3) is 9.06. The van der Waals surface area contributed by atoms with E-state index in [0.717, 1.165) is 64.3 Å². The van der Waals surface area contributed by atoms with Crippen molar-refractivity contribution in [1.29, 1.82) is 0 Å². The van der Waals surface area contributed by atoms with E-state index < -0.39 is 11.2 Å². The predicted molar refractivity (Wildman–Crippen MR) is 192 cm³/mol. The molecule has 0 unspecified atom stereocenters. The number of halogens is 1. The third-order valence-electron chi connectivity index (χ3n) is 10.6. The normalized spacial score (nSPS) is 20.5. The van der Waals surface area contributed by atoms with Gasteiger partial charge in [-0.15, -0.1) is 0 Å². The summed E-state index contributed by atoms with van der Waals surface area (Å²) in [6.45, 7) is 9.03. The van der Waals surface area contributed by atoms with Gasteiger partial charge in [0.05, 0.1) is 25.2 Å². The molecule has 0 radical (unpaired) electrons. The molecule has 6 heteroatoms. The maximum absolute atomic E-state index is 15.8. The molecule has 0 aromatic heterocycles. The molecule has 0 bridgehead atoms. The first-order chi connectivity index (χ1) is 23.2. The molecule has 0 amide bonds. The van der Waals surface area contributed by atoms with Gasteiger partial charge in [-0.05, 0) is 122 Å². The summed E-state index contributed by atoms with van der Waals surface area (Å²) >= 11 is 0. The number of benzene rings is 3. The molecule has 2 aliphatic rings. The number of aliphatic hydroxyl groups is 2. The van der Waals surface area contributed by atoms with Gasteiger partial charge in [-0.3, -0.25) is 0 Å². The lowest BCUT2D eigenvalue weighted by Gasteiger charge is -2.42. The summed E-state index contributed by atoms with van der Waals surface area (Å²) in [6.07, 6.45) is 12.2. The van der Waals surface area contributed by atoms with E-state index in [1.54, 1.807) is 6.07 Å². The largest absolute Gasteiger partial charge is 0.492 e. The second-order valence-electron chi connectivity index (χ2n) is 14.8. The van der Waals surface area contributed by atoms with Gasteiger partial charge in [0.15, 0.2) is 5.79 Å². The fraction of sp³-hybridized carbons (Fsp3) is 0.571. The lowest BCUT2D eigenvalue weighted by Crippen LogP contribution is -2.51. The van der Waals surface area contributed by atoms with Crippen LogP contribution in [0.2, 0.25) is 0 Å². The van der Waals surface area contributed by atoms with E-state index in [2.05, 4.69) is 44.2 Å². The average molecular weight is 661 g/mol. The molecule has 3 aromatic carbocycles. The molecular formula is C42H57FO5. The van der Waals surface area contributed by atoms with E-state index in [0.29, 0.717) is 37.5 Å². The number of hydrogen-bond donors (Lipinski definition) is 2. The van der Waals surface area contributed by atoms with Gasteiger partial charge in [0.2, 0.25) is 0 Å². The van der Waals surface area contributed by atoms with E-state index in [1.807, 2.05) is 32.0 Å². The minimum Gasteiger partial charge on any atom is -0.492 e. The Hall–Kier alpha value is -2.77. The minimum atomic E-state index is -0.679. The summed E-state index contributed by atoms with van der Waals surface area (Å²) < 4.78 is 33.7. The molecule has 1 saturated heterocycles. The Labute approximate surface area is 287 Å². The van der Waals surface area contributed by atoms with Gasteiger partial charge in [0.25, 0.3) is 0 Å². The summed E-state index contributed by atoms with van der Waals surface area (Å²) in [5.41, 5.74) is 6.31. The first-order valence-electron chi connectivity index (χ1n) is 18.4. The van der Waals surface area contributed by atoms with Gasteiger partial charge in [-0.25, -0.2) is 4.39 Å². The van der Waals surface area contributed by atoms with Crippen molar-refractivity contribution in [1.82, 2.24) is 0 Å². The van der Waals surface area contributed by atoms with Crippen LogP contribution < -0.4 is 4.74 Å². The van der Waals surface area contributed by atoms with Crippen LogP contribution in [0.15, 0.2) is 54.6 Å². The molecule has 5 rings (SSSR count).